The van der Waals surface area contributed by atoms with Crippen LogP contribution in [0.15, 0.2) is 47.4 Å². The van der Waals surface area contributed by atoms with E-state index in [-0.39, 0.29) is 16.8 Å². The summed E-state index contributed by atoms with van der Waals surface area (Å²) in [5.74, 6) is 0.137. The van der Waals surface area contributed by atoms with Crippen molar-refractivity contribution in [1.82, 2.24) is 4.72 Å². The molecular weight excluding hydrogens is 376 g/mol. The zero-order chi connectivity index (χ0) is 19.3. The second kappa shape index (κ2) is 8.53. The Hall–Kier alpha value is -2.09. The second-order valence-electron chi connectivity index (χ2n) is 5.76. The standard InChI is InChI=1S/C18H21ClN2O4S/c1-4-12(2)21-26(23,24)15-8-5-13(6-9-15)18(22)20-14-7-10-17(25-3)16(19)11-14/h5-12,21H,4H2,1-3H3,(H,20,22)/t12-/m0/s1. The molecule has 2 rings (SSSR count). The van der Waals surface area contributed by atoms with Gasteiger partial charge in [0.15, 0.2) is 0 Å². The Balaban J connectivity index is 2.12. The first-order valence-electron chi connectivity index (χ1n) is 8.04. The zero-order valence-corrected chi connectivity index (χ0v) is 16.3. The first-order valence-corrected chi connectivity index (χ1v) is 9.90. The minimum atomic E-state index is -3.60. The van der Waals surface area contributed by atoms with Crippen LogP contribution < -0.4 is 14.8 Å². The van der Waals surface area contributed by atoms with Gasteiger partial charge in [0.05, 0.1) is 17.0 Å². The van der Waals surface area contributed by atoms with Crippen LogP contribution >= 0.6 is 11.6 Å². The van der Waals surface area contributed by atoms with E-state index < -0.39 is 10.0 Å². The topological polar surface area (TPSA) is 84.5 Å². The molecule has 0 heterocycles. The SMILES string of the molecule is CC[C@H](C)NS(=O)(=O)c1ccc(C(=O)Nc2ccc(OC)c(Cl)c2)cc1. The van der Waals surface area contributed by atoms with Crippen LogP contribution in [0, 0.1) is 0 Å². The van der Waals surface area contributed by atoms with E-state index in [1.807, 2.05) is 6.92 Å². The van der Waals surface area contributed by atoms with Gasteiger partial charge in [0.1, 0.15) is 5.75 Å². The Labute approximate surface area is 158 Å². The van der Waals surface area contributed by atoms with Crippen molar-refractivity contribution in [3.05, 3.63) is 53.1 Å². The van der Waals surface area contributed by atoms with Gasteiger partial charge in [-0.05, 0) is 55.8 Å². The molecule has 140 valence electrons. The van der Waals surface area contributed by atoms with Crippen molar-refractivity contribution in [3.8, 4) is 5.75 Å². The number of nitrogens with one attached hydrogen (secondary N) is 2. The van der Waals surface area contributed by atoms with Crippen molar-refractivity contribution in [3.63, 3.8) is 0 Å². The number of methoxy groups -OCH3 is 1. The number of anilines is 1. The minimum absolute atomic E-state index is 0.113. The molecule has 2 aromatic rings. The molecule has 2 N–H and O–H groups in total. The Bertz CT molecular complexity index is 883. The molecule has 2 aromatic carbocycles. The molecule has 1 atom stereocenters. The van der Waals surface area contributed by atoms with Crippen LogP contribution in [0.25, 0.3) is 0 Å². The number of hydrogen-bond acceptors (Lipinski definition) is 4. The quantitative estimate of drug-likeness (QED) is 0.747. The summed E-state index contributed by atoms with van der Waals surface area (Å²) in [7, 11) is -2.09. The third-order valence-electron chi connectivity index (χ3n) is 3.81. The van der Waals surface area contributed by atoms with Gasteiger partial charge in [-0.25, -0.2) is 13.1 Å². The van der Waals surface area contributed by atoms with Crippen LogP contribution in [-0.4, -0.2) is 27.5 Å². The largest absolute Gasteiger partial charge is 0.495 e. The zero-order valence-electron chi connectivity index (χ0n) is 14.7. The fourth-order valence-electron chi connectivity index (χ4n) is 2.15. The van der Waals surface area contributed by atoms with E-state index >= 15 is 0 Å². The Morgan fingerprint density at radius 1 is 1.19 bits per heavy atom. The molecule has 0 saturated carbocycles. The normalized spacial score (nSPS) is 12.5. The summed E-state index contributed by atoms with van der Waals surface area (Å²) in [4.78, 5) is 12.4. The third kappa shape index (κ3) is 4.97. The minimum Gasteiger partial charge on any atom is -0.495 e. The van der Waals surface area contributed by atoms with Gasteiger partial charge in [-0.3, -0.25) is 4.79 Å². The number of amides is 1. The van der Waals surface area contributed by atoms with E-state index in [0.29, 0.717) is 28.4 Å². The van der Waals surface area contributed by atoms with E-state index in [0.717, 1.165) is 0 Å². The highest BCUT2D eigenvalue weighted by molar-refractivity contribution is 7.89. The number of rotatable bonds is 7. The van der Waals surface area contributed by atoms with Gasteiger partial charge in [0, 0.05) is 17.3 Å². The van der Waals surface area contributed by atoms with Crippen molar-refractivity contribution >= 4 is 33.2 Å². The van der Waals surface area contributed by atoms with Crippen LogP contribution in [-0.2, 0) is 10.0 Å². The number of benzene rings is 2. The second-order valence-corrected chi connectivity index (χ2v) is 7.88. The lowest BCUT2D eigenvalue weighted by molar-refractivity contribution is 0.102. The number of carbonyl (C=O) groups excluding carboxylic acids is 1. The van der Waals surface area contributed by atoms with Crippen molar-refractivity contribution in [1.29, 1.82) is 0 Å². The van der Waals surface area contributed by atoms with Gasteiger partial charge in [-0.2, -0.15) is 0 Å². The molecule has 0 saturated heterocycles. The van der Waals surface area contributed by atoms with Gasteiger partial charge in [0.2, 0.25) is 10.0 Å². The molecule has 0 aliphatic rings. The van der Waals surface area contributed by atoms with Crippen LogP contribution in [0.5, 0.6) is 5.75 Å². The Kier molecular flexibility index (Phi) is 6.63. The summed E-state index contributed by atoms with van der Waals surface area (Å²) in [5, 5.41) is 3.08. The van der Waals surface area contributed by atoms with E-state index in [1.54, 1.807) is 25.1 Å². The maximum atomic E-state index is 12.3. The number of ether oxygens (including phenoxy) is 1. The van der Waals surface area contributed by atoms with Crippen molar-refractivity contribution in [2.24, 2.45) is 0 Å². The smallest absolute Gasteiger partial charge is 0.255 e. The molecule has 0 radical (unpaired) electrons. The molecule has 26 heavy (non-hydrogen) atoms. The molecule has 0 aliphatic carbocycles. The first kappa shape index (κ1) is 20.2. The number of halogens is 1. The molecule has 0 aliphatic heterocycles. The van der Waals surface area contributed by atoms with Crippen LogP contribution in [0.1, 0.15) is 30.6 Å². The number of sulfonamides is 1. The first-order chi connectivity index (χ1) is 12.3. The molecule has 0 aromatic heterocycles. The fourth-order valence-corrected chi connectivity index (χ4v) is 3.73. The average Bonchev–Trinajstić information content (AvgIpc) is 2.61. The van der Waals surface area contributed by atoms with E-state index in [2.05, 4.69) is 10.0 Å². The summed E-state index contributed by atoms with van der Waals surface area (Å²) in [5.41, 5.74) is 0.843. The molecule has 0 unspecified atom stereocenters. The van der Waals surface area contributed by atoms with E-state index in [1.165, 1.54) is 31.4 Å². The van der Waals surface area contributed by atoms with Crippen molar-refractivity contribution < 1.29 is 17.9 Å². The van der Waals surface area contributed by atoms with Crippen LogP contribution in [0.3, 0.4) is 0 Å². The lowest BCUT2D eigenvalue weighted by Gasteiger charge is -2.12. The summed E-state index contributed by atoms with van der Waals surface area (Å²) < 4.78 is 32.1. The number of hydrogen-bond donors (Lipinski definition) is 2. The van der Waals surface area contributed by atoms with Gasteiger partial charge in [0.25, 0.3) is 5.91 Å². The molecule has 0 spiro atoms. The van der Waals surface area contributed by atoms with Gasteiger partial charge in [-0.1, -0.05) is 18.5 Å². The van der Waals surface area contributed by atoms with Crippen molar-refractivity contribution in [2.75, 3.05) is 12.4 Å². The number of carbonyl (C=O) groups is 1. The monoisotopic (exact) mass is 396 g/mol. The third-order valence-corrected chi connectivity index (χ3v) is 5.71. The lowest BCUT2D eigenvalue weighted by atomic mass is 10.2. The summed E-state index contributed by atoms with van der Waals surface area (Å²) >= 11 is 6.03. The van der Waals surface area contributed by atoms with E-state index in [4.69, 9.17) is 16.3 Å². The summed E-state index contributed by atoms with van der Waals surface area (Å²) in [6.45, 7) is 3.69. The van der Waals surface area contributed by atoms with Crippen LogP contribution in [0.4, 0.5) is 5.69 Å². The fraction of sp³-hybridized carbons (Fsp3) is 0.278. The molecular formula is C18H21ClN2O4S. The van der Waals surface area contributed by atoms with Gasteiger partial charge >= 0.3 is 0 Å². The predicted molar refractivity (Wildman–Crippen MR) is 102 cm³/mol. The lowest BCUT2D eigenvalue weighted by Crippen LogP contribution is -2.32. The maximum Gasteiger partial charge on any atom is 0.255 e. The molecule has 1 amide bonds. The van der Waals surface area contributed by atoms with E-state index in [9.17, 15) is 13.2 Å². The average molecular weight is 397 g/mol. The van der Waals surface area contributed by atoms with Gasteiger partial charge < -0.3 is 10.1 Å². The Morgan fingerprint density at radius 2 is 1.85 bits per heavy atom. The molecule has 0 fully saturated rings. The highest BCUT2D eigenvalue weighted by Crippen LogP contribution is 2.27. The van der Waals surface area contributed by atoms with Crippen LogP contribution in [0.2, 0.25) is 5.02 Å². The van der Waals surface area contributed by atoms with Crippen molar-refractivity contribution in [2.45, 2.75) is 31.2 Å². The van der Waals surface area contributed by atoms with Gasteiger partial charge in [-0.15, -0.1) is 0 Å². The molecule has 8 heteroatoms. The Morgan fingerprint density at radius 3 is 2.38 bits per heavy atom. The molecule has 6 nitrogen and oxygen atoms in total. The predicted octanol–water partition coefficient (Wildman–Crippen LogP) is 3.68. The summed E-state index contributed by atoms with van der Waals surface area (Å²) in [6.07, 6.45) is 0.685. The highest BCUT2D eigenvalue weighted by atomic mass is 35.5. The molecule has 0 bridgehead atoms. The summed E-state index contributed by atoms with van der Waals surface area (Å²) in [6, 6.07) is 10.5. The highest BCUT2D eigenvalue weighted by Gasteiger charge is 2.17. The maximum absolute atomic E-state index is 12.3.